The molecular weight excluding hydrogens is 391 g/mol. The van der Waals surface area contributed by atoms with Gasteiger partial charge in [-0.1, -0.05) is 67.7 Å². The lowest BCUT2D eigenvalue weighted by Crippen LogP contribution is -2.17. The number of alkyl halides is 2. The Morgan fingerprint density at radius 3 is 2.79 bits per heavy atom. The molecule has 1 aromatic rings. The van der Waals surface area contributed by atoms with Gasteiger partial charge < -0.3 is 0 Å². The van der Waals surface area contributed by atoms with Gasteiger partial charge in [0, 0.05) is 10.6 Å². The second-order valence-electron chi connectivity index (χ2n) is 4.96. The zero-order valence-corrected chi connectivity index (χ0v) is 13.9. The van der Waals surface area contributed by atoms with Gasteiger partial charge in [-0.05, 0) is 42.0 Å². The molecule has 4 heteroatoms. The summed E-state index contributed by atoms with van der Waals surface area (Å²) in [5.74, 6) is 0.434. The third kappa shape index (κ3) is 2.48. The van der Waals surface area contributed by atoms with E-state index in [0.29, 0.717) is 0 Å². The van der Waals surface area contributed by atoms with Gasteiger partial charge in [0.05, 0.1) is 0 Å². The van der Waals surface area contributed by atoms with E-state index >= 15 is 0 Å². The van der Waals surface area contributed by atoms with E-state index in [0.717, 1.165) is 29.0 Å². The molecule has 0 spiro atoms. The first kappa shape index (κ1) is 13.6. The highest BCUT2D eigenvalue weighted by Gasteiger charge is 2.47. The van der Waals surface area contributed by atoms with Gasteiger partial charge in [0.1, 0.15) is 3.23 Å². The van der Waals surface area contributed by atoms with Crippen molar-refractivity contribution in [1.29, 1.82) is 0 Å². The maximum absolute atomic E-state index is 12.1. The molecule has 1 saturated carbocycles. The number of allylic oxidation sites excluding steroid dienone is 4. The number of hydrogen-bond donors (Lipinski definition) is 0. The first-order valence-electron chi connectivity index (χ1n) is 6.07. The minimum atomic E-state index is -0.575. The molecule has 1 unspecified atom stereocenters. The summed E-state index contributed by atoms with van der Waals surface area (Å²) in [7, 11) is 0. The Bertz CT molecular complexity index is 616. The summed E-state index contributed by atoms with van der Waals surface area (Å²) in [5, 5.41) is 0.742. The van der Waals surface area contributed by atoms with E-state index in [1.54, 1.807) is 0 Å². The predicted octanol–water partition coefficient (Wildman–Crippen LogP) is 5.13. The van der Waals surface area contributed by atoms with Crippen LogP contribution in [-0.4, -0.2) is 9.02 Å². The smallest absolute Gasteiger partial charge is 0.186 e. The van der Waals surface area contributed by atoms with Crippen molar-refractivity contribution in [2.75, 3.05) is 0 Å². The Morgan fingerprint density at radius 2 is 2.05 bits per heavy atom. The van der Waals surface area contributed by atoms with Gasteiger partial charge >= 0.3 is 0 Å². The van der Waals surface area contributed by atoms with E-state index in [1.807, 2.05) is 30.4 Å². The van der Waals surface area contributed by atoms with Crippen molar-refractivity contribution in [2.24, 2.45) is 5.92 Å². The van der Waals surface area contributed by atoms with E-state index in [2.05, 4.69) is 37.9 Å². The summed E-state index contributed by atoms with van der Waals surface area (Å²) in [6.07, 6.45) is 5.67. The van der Waals surface area contributed by atoms with Crippen LogP contribution in [0.15, 0.2) is 42.0 Å². The molecule has 2 aliphatic carbocycles. The molecule has 0 bridgehead atoms. The monoisotopic (exact) mass is 400 g/mol. The van der Waals surface area contributed by atoms with E-state index in [9.17, 15) is 4.79 Å². The Hall–Kier alpha value is -0.380. The highest BCUT2D eigenvalue weighted by molar-refractivity contribution is 9.26. The summed E-state index contributed by atoms with van der Waals surface area (Å²) in [6.45, 7) is 0. The van der Waals surface area contributed by atoms with Crippen molar-refractivity contribution in [3.05, 3.63) is 52.6 Å². The molecule has 98 valence electrons. The number of rotatable bonds is 1. The van der Waals surface area contributed by atoms with Crippen molar-refractivity contribution in [3.8, 4) is 0 Å². The highest BCUT2D eigenvalue weighted by atomic mass is 79.9. The molecule has 3 rings (SSSR count). The van der Waals surface area contributed by atoms with Gasteiger partial charge in [0.2, 0.25) is 0 Å². The molecule has 1 nitrogen and oxygen atoms in total. The fraction of sp³-hybridized carbons (Fsp3) is 0.267. The van der Waals surface area contributed by atoms with Crippen LogP contribution in [0.4, 0.5) is 0 Å². The maximum Gasteiger partial charge on any atom is 0.186 e. The molecule has 1 fully saturated rings. The Kier molecular flexibility index (Phi) is 3.48. The van der Waals surface area contributed by atoms with E-state index < -0.39 is 3.23 Å². The molecule has 0 aliphatic heterocycles. The van der Waals surface area contributed by atoms with E-state index in [-0.39, 0.29) is 11.7 Å². The fourth-order valence-corrected chi connectivity index (χ4v) is 4.16. The number of benzene rings is 1. The van der Waals surface area contributed by atoms with Gasteiger partial charge in [-0.15, -0.1) is 0 Å². The number of fused-ring (bicyclic) bond motifs is 1. The number of carbonyl (C=O) groups is 1. The summed E-state index contributed by atoms with van der Waals surface area (Å²) >= 11 is 13.0. The van der Waals surface area contributed by atoms with Crippen LogP contribution in [0.1, 0.15) is 18.4 Å². The molecule has 1 atom stereocenters. The van der Waals surface area contributed by atoms with Crippen LogP contribution in [0.2, 0.25) is 5.02 Å². The Balaban J connectivity index is 1.93. The molecule has 1 aromatic carbocycles. The molecule has 0 amide bonds. The molecule has 0 N–H and O–H groups in total. The standard InChI is InChI=1S/C15H11Br2ClO/c16-15(17)8-11-6-10(4-5-13(11)14(15)19)9-2-1-3-12(18)7-9/h1-5,7,11H,6,8H2. The molecule has 2 aliphatic rings. The van der Waals surface area contributed by atoms with Crippen LogP contribution in [0, 0.1) is 5.92 Å². The number of hydrogen-bond acceptors (Lipinski definition) is 1. The lowest BCUT2D eigenvalue weighted by molar-refractivity contribution is -0.114. The quantitative estimate of drug-likeness (QED) is 0.595. The highest BCUT2D eigenvalue weighted by Crippen LogP contribution is 2.50. The molecule has 0 heterocycles. The average Bonchev–Trinajstić information content (AvgIpc) is 2.59. The van der Waals surface area contributed by atoms with Gasteiger partial charge in [0.15, 0.2) is 5.78 Å². The van der Waals surface area contributed by atoms with Crippen molar-refractivity contribution in [2.45, 2.75) is 16.1 Å². The van der Waals surface area contributed by atoms with Gasteiger partial charge in [-0.3, -0.25) is 4.79 Å². The molecular formula is C15H11Br2ClO. The van der Waals surface area contributed by atoms with Crippen molar-refractivity contribution in [3.63, 3.8) is 0 Å². The summed E-state index contributed by atoms with van der Waals surface area (Å²) in [4.78, 5) is 12.1. The van der Waals surface area contributed by atoms with Crippen LogP contribution >= 0.6 is 43.5 Å². The van der Waals surface area contributed by atoms with E-state index in [1.165, 1.54) is 5.57 Å². The lowest BCUT2D eigenvalue weighted by atomic mass is 9.86. The van der Waals surface area contributed by atoms with Crippen molar-refractivity contribution in [1.82, 2.24) is 0 Å². The third-order valence-corrected chi connectivity index (χ3v) is 5.27. The summed E-state index contributed by atoms with van der Waals surface area (Å²) in [5.41, 5.74) is 3.29. The van der Waals surface area contributed by atoms with Crippen LogP contribution in [-0.2, 0) is 4.79 Å². The van der Waals surface area contributed by atoms with Gasteiger partial charge in [-0.25, -0.2) is 0 Å². The van der Waals surface area contributed by atoms with Crippen LogP contribution in [0.25, 0.3) is 5.57 Å². The Labute approximate surface area is 134 Å². The molecule has 0 radical (unpaired) electrons. The first-order valence-corrected chi connectivity index (χ1v) is 8.03. The number of halogens is 3. The molecule has 19 heavy (non-hydrogen) atoms. The average molecular weight is 403 g/mol. The van der Waals surface area contributed by atoms with Crippen molar-refractivity contribution >= 4 is 54.8 Å². The van der Waals surface area contributed by atoms with Gasteiger partial charge in [-0.2, -0.15) is 0 Å². The second kappa shape index (κ2) is 4.87. The normalized spacial score (nSPS) is 24.8. The van der Waals surface area contributed by atoms with Crippen LogP contribution in [0.5, 0.6) is 0 Å². The van der Waals surface area contributed by atoms with Crippen molar-refractivity contribution < 1.29 is 4.79 Å². The zero-order chi connectivity index (χ0) is 13.6. The topological polar surface area (TPSA) is 17.1 Å². The minimum Gasteiger partial charge on any atom is -0.292 e. The fourth-order valence-electron chi connectivity index (χ4n) is 2.73. The minimum absolute atomic E-state index is 0.152. The maximum atomic E-state index is 12.1. The molecule has 0 saturated heterocycles. The number of Topliss-reactive ketones (excluding diaryl/α,β-unsaturated/α-hetero) is 1. The Morgan fingerprint density at radius 1 is 1.26 bits per heavy atom. The number of carbonyl (C=O) groups excluding carboxylic acids is 1. The molecule has 0 aromatic heterocycles. The van der Waals surface area contributed by atoms with Crippen LogP contribution in [0.3, 0.4) is 0 Å². The summed E-state index contributed by atoms with van der Waals surface area (Å²) < 4.78 is -0.575. The largest absolute Gasteiger partial charge is 0.292 e. The lowest BCUT2D eigenvalue weighted by Gasteiger charge is -2.18. The second-order valence-corrected chi connectivity index (χ2v) is 9.17. The zero-order valence-electron chi connectivity index (χ0n) is 10.00. The van der Waals surface area contributed by atoms with E-state index in [4.69, 9.17) is 11.6 Å². The first-order chi connectivity index (χ1) is 8.97. The number of ketones is 1. The van der Waals surface area contributed by atoms with Gasteiger partial charge in [0.25, 0.3) is 0 Å². The predicted molar refractivity (Wildman–Crippen MR) is 85.8 cm³/mol. The van der Waals surface area contributed by atoms with Crippen LogP contribution < -0.4 is 0 Å². The summed E-state index contributed by atoms with van der Waals surface area (Å²) in [6, 6.07) is 7.86. The SMILES string of the molecule is O=C1C2=CC=C(c3cccc(Cl)c3)CC2CC1(Br)Br. The third-order valence-electron chi connectivity index (χ3n) is 3.66.